The summed E-state index contributed by atoms with van der Waals surface area (Å²) < 4.78 is 14.6. The molecule has 0 saturated heterocycles. The van der Waals surface area contributed by atoms with E-state index < -0.39 is 5.97 Å². The minimum absolute atomic E-state index is 0.190. The lowest BCUT2D eigenvalue weighted by Crippen LogP contribution is -2.06. The Morgan fingerprint density at radius 2 is 2.05 bits per heavy atom. The predicted molar refractivity (Wildman–Crippen MR) is 84.9 cm³/mol. The fourth-order valence-electron chi connectivity index (χ4n) is 2.80. The topological polar surface area (TPSA) is 37.3 Å². The van der Waals surface area contributed by atoms with Crippen molar-refractivity contribution >= 4 is 23.1 Å². The normalized spacial score (nSPS) is 13.5. The average molecular weight is 317 g/mol. The number of hydrogen-bond donors (Lipinski definition) is 1. The van der Waals surface area contributed by atoms with Gasteiger partial charge < -0.3 is 5.11 Å². The van der Waals surface area contributed by atoms with Crippen molar-refractivity contribution in [1.29, 1.82) is 0 Å². The fourth-order valence-corrected chi connectivity index (χ4v) is 3.05. The molecule has 0 radical (unpaired) electrons. The molecular weight excluding hydrogens is 303 g/mol. The van der Waals surface area contributed by atoms with E-state index in [1.165, 1.54) is 0 Å². The van der Waals surface area contributed by atoms with E-state index >= 15 is 0 Å². The molecule has 0 heterocycles. The van der Waals surface area contributed by atoms with Crippen molar-refractivity contribution in [3.63, 3.8) is 0 Å². The second-order valence-electron chi connectivity index (χ2n) is 5.39. The highest BCUT2D eigenvalue weighted by Crippen LogP contribution is 2.37. The summed E-state index contributed by atoms with van der Waals surface area (Å²) in [5, 5.41) is 9.51. The lowest BCUT2D eigenvalue weighted by molar-refractivity contribution is 0.0697. The van der Waals surface area contributed by atoms with Crippen LogP contribution in [-0.2, 0) is 6.42 Å². The second-order valence-corrected chi connectivity index (χ2v) is 5.79. The monoisotopic (exact) mass is 316 g/mol. The number of rotatable bonds is 2. The summed E-state index contributed by atoms with van der Waals surface area (Å²) in [6.45, 7) is 1.69. The molecule has 0 fully saturated rings. The van der Waals surface area contributed by atoms with Crippen LogP contribution in [0.4, 0.5) is 4.39 Å². The summed E-state index contributed by atoms with van der Waals surface area (Å²) in [5.41, 5.74) is 3.50. The Bertz CT molecular complexity index is 809. The SMILES string of the molecule is Cc1ccc(Cl)c(C2=CCCc3ccc(C(=O)O)cc32)c1F. The van der Waals surface area contributed by atoms with Gasteiger partial charge in [0, 0.05) is 5.56 Å². The Labute approximate surface area is 132 Å². The minimum Gasteiger partial charge on any atom is -0.478 e. The summed E-state index contributed by atoms with van der Waals surface area (Å²) >= 11 is 6.21. The number of carboxylic acids is 1. The van der Waals surface area contributed by atoms with Crippen molar-refractivity contribution in [1.82, 2.24) is 0 Å². The van der Waals surface area contributed by atoms with Crippen LogP contribution >= 0.6 is 11.6 Å². The summed E-state index contributed by atoms with van der Waals surface area (Å²) in [4.78, 5) is 11.2. The number of aryl methyl sites for hydroxylation is 2. The van der Waals surface area contributed by atoms with Crippen molar-refractivity contribution in [2.24, 2.45) is 0 Å². The lowest BCUT2D eigenvalue weighted by Gasteiger charge is -2.20. The molecule has 2 aromatic rings. The molecule has 2 nitrogen and oxygen atoms in total. The van der Waals surface area contributed by atoms with Gasteiger partial charge in [0.1, 0.15) is 5.82 Å². The number of fused-ring (bicyclic) bond motifs is 1. The van der Waals surface area contributed by atoms with Gasteiger partial charge in [0.25, 0.3) is 0 Å². The zero-order chi connectivity index (χ0) is 15.9. The standard InChI is InChI=1S/C18H14ClFO2/c1-10-5-8-15(19)16(17(10)20)13-4-2-3-11-6-7-12(18(21)22)9-14(11)13/h4-9H,2-3H2,1H3,(H,21,22). The second kappa shape index (κ2) is 5.58. The van der Waals surface area contributed by atoms with E-state index in [2.05, 4.69) is 0 Å². The fraction of sp³-hybridized carbons (Fsp3) is 0.167. The van der Waals surface area contributed by atoms with E-state index in [9.17, 15) is 14.3 Å². The highest BCUT2D eigenvalue weighted by molar-refractivity contribution is 6.32. The molecule has 0 unspecified atom stereocenters. The quantitative estimate of drug-likeness (QED) is 0.858. The van der Waals surface area contributed by atoms with Crippen molar-refractivity contribution in [2.45, 2.75) is 19.8 Å². The Balaban J connectivity index is 2.23. The van der Waals surface area contributed by atoms with Crippen molar-refractivity contribution in [2.75, 3.05) is 0 Å². The van der Waals surface area contributed by atoms with Crippen LogP contribution in [-0.4, -0.2) is 11.1 Å². The van der Waals surface area contributed by atoms with E-state index in [-0.39, 0.29) is 11.4 Å². The van der Waals surface area contributed by atoms with Gasteiger partial charge in [-0.1, -0.05) is 29.8 Å². The summed E-state index contributed by atoms with van der Waals surface area (Å²) in [7, 11) is 0. The van der Waals surface area contributed by atoms with Gasteiger partial charge in [-0.25, -0.2) is 9.18 Å². The maximum atomic E-state index is 14.6. The van der Waals surface area contributed by atoms with E-state index in [0.717, 1.165) is 24.0 Å². The van der Waals surface area contributed by atoms with Crippen molar-refractivity contribution in [3.8, 4) is 0 Å². The van der Waals surface area contributed by atoms with Gasteiger partial charge in [0.15, 0.2) is 0 Å². The molecule has 0 bridgehead atoms. The Kier molecular flexibility index (Phi) is 3.75. The first-order valence-electron chi connectivity index (χ1n) is 7.00. The van der Waals surface area contributed by atoms with Crippen LogP contribution in [0.25, 0.3) is 5.57 Å². The predicted octanol–water partition coefficient (Wildman–Crippen LogP) is 4.86. The zero-order valence-corrected chi connectivity index (χ0v) is 12.7. The molecule has 0 aromatic heterocycles. The molecule has 0 amide bonds. The number of allylic oxidation sites excluding steroid dienone is 1. The molecule has 0 saturated carbocycles. The van der Waals surface area contributed by atoms with Gasteiger partial charge in [0.2, 0.25) is 0 Å². The van der Waals surface area contributed by atoms with Crippen LogP contribution in [0.15, 0.2) is 36.4 Å². The number of carbonyl (C=O) groups is 1. The Hall–Kier alpha value is -2.13. The molecule has 4 heteroatoms. The molecule has 3 rings (SSSR count). The first-order valence-corrected chi connectivity index (χ1v) is 7.38. The van der Waals surface area contributed by atoms with Crippen molar-refractivity contribution in [3.05, 3.63) is 75.1 Å². The third-order valence-corrected chi connectivity index (χ3v) is 4.28. The van der Waals surface area contributed by atoms with Gasteiger partial charge >= 0.3 is 5.97 Å². The molecule has 1 N–H and O–H groups in total. The van der Waals surface area contributed by atoms with Gasteiger partial charge in [-0.05, 0) is 60.2 Å². The van der Waals surface area contributed by atoms with E-state index in [4.69, 9.17) is 11.6 Å². The first kappa shape index (κ1) is 14.8. The largest absolute Gasteiger partial charge is 0.478 e. The first-order chi connectivity index (χ1) is 10.5. The molecule has 0 aliphatic heterocycles. The lowest BCUT2D eigenvalue weighted by atomic mass is 9.85. The number of halogens is 2. The summed E-state index contributed by atoms with van der Waals surface area (Å²) in [5.74, 6) is -1.35. The molecule has 22 heavy (non-hydrogen) atoms. The maximum absolute atomic E-state index is 14.6. The molecule has 1 aliphatic rings. The molecule has 1 aliphatic carbocycles. The van der Waals surface area contributed by atoms with Crippen LogP contribution in [0.2, 0.25) is 5.02 Å². The summed E-state index contributed by atoms with van der Waals surface area (Å²) in [6, 6.07) is 8.29. The highest BCUT2D eigenvalue weighted by atomic mass is 35.5. The molecule has 2 aromatic carbocycles. The Morgan fingerprint density at radius 3 is 2.77 bits per heavy atom. The molecule has 0 atom stereocenters. The number of aromatic carboxylic acids is 1. The molecule has 0 spiro atoms. The van der Waals surface area contributed by atoms with E-state index in [1.807, 2.05) is 6.08 Å². The van der Waals surface area contributed by atoms with Crippen LogP contribution < -0.4 is 0 Å². The number of benzene rings is 2. The molecule has 112 valence electrons. The van der Waals surface area contributed by atoms with Crippen molar-refractivity contribution < 1.29 is 14.3 Å². The van der Waals surface area contributed by atoms with Crippen LogP contribution in [0.3, 0.4) is 0 Å². The maximum Gasteiger partial charge on any atom is 0.335 e. The highest BCUT2D eigenvalue weighted by Gasteiger charge is 2.21. The Morgan fingerprint density at radius 1 is 1.27 bits per heavy atom. The van der Waals surface area contributed by atoms with Crippen LogP contribution in [0.1, 0.15) is 39.0 Å². The third kappa shape index (κ3) is 2.42. The average Bonchev–Trinajstić information content (AvgIpc) is 2.51. The third-order valence-electron chi connectivity index (χ3n) is 3.96. The molecular formula is C18H14ClFO2. The van der Waals surface area contributed by atoms with Crippen LogP contribution in [0, 0.1) is 12.7 Å². The van der Waals surface area contributed by atoms with E-state index in [1.54, 1.807) is 37.3 Å². The van der Waals surface area contributed by atoms with Gasteiger partial charge in [-0.3, -0.25) is 0 Å². The van der Waals surface area contributed by atoms with Gasteiger partial charge in [-0.2, -0.15) is 0 Å². The number of hydrogen-bond acceptors (Lipinski definition) is 1. The van der Waals surface area contributed by atoms with E-state index in [0.29, 0.717) is 21.7 Å². The van der Waals surface area contributed by atoms with Gasteiger partial charge in [0.05, 0.1) is 10.6 Å². The van der Waals surface area contributed by atoms with Crippen LogP contribution in [0.5, 0.6) is 0 Å². The summed E-state index contributed by atoms with van der Waals surface area (Å²) in [6.07, 6.45) is 3.51. The minimum atomic E-state index is -0.997. The zero-order valence-electron chi connectivity index (χ0n) is 12.0. The number of carboxylic acid groups (broad SMARTS) is 1. The smallest absolute Gasteiger partial charge is 0.335 e. The van der Waals surface area contributed by atoms with Gasteiger partial charge in [-0.15, -0.1) is 0 Å².